The minimum atomic E-state index is -0.190. The number of carbonyl (C=O) groups excluding carboxylic acids is 1. The third-order valence-corrected chi connectivity index (χ3v) is 5.42. The number of thioether (sulfide) groups is 1. The van der Waals surface area contributed by atoms with Gasteiger partial charge in [0, 0.05) is 11.9 Å². The Bertz CT molecular complexity index is 947. The maximum atomic E-state index is 12.4. The van der Waals surface area contributed by atoms with Crippen molar-refractivity contribution in [2.75, 3.05) is 25.2 Å². The standard InChI is InChI=1S/C19H21ClN6OS/c1-13(25(2)3)18-23-24-19(26(18)14-8-5-4-6-9-14)28-12-16(27)22-15-10-7-11-21-17(15)20/h4-11,13H,12H2,1-3H3,(H,22,27)/t13-/m0/s1. The van der Waals surface area contributed by atoms with Gasteiger partial charge in [-0.25, -0.2) is 4.98 Å². The highest BCUT2D eigenvalue weighted by Crippen LogP contribution is 2.27. The predicted octanol–water partition coefficient (Wildman–Crippen LogP) is 3.67. The van der Waals surface area contributed by atoms with Crippen LogP contribution >= 0.6 is 23.4 Å². The Labute approximate surface area is 173 Å². The zero-order valence-electron chi connectivity index (χ0n) is 15.8. The molecule has 1 amide bonds. The van der Waals surface area contributed by atoms with Crippen molar-refractivity contribution in [3.63, 3.8) is 0 Å². The van der Waals surface area contributed by atoms with Crippen LogP contribution in [0.25, 0.3) is 5.69 Å². The lowest BCUT2D eigenvalue weighted by molar-refractivity contribution is -0.113. The Hall–Kier alpha value is -2.42. The van der Waals surface area contributed by atoms with E-state index in [1.54, 1.807) is 18.3 Å². The first-order chi connectivity index (χ1) is 13.5. The van der Waals surface area contributed by atoms with E-state index < -0.39 is 0 Å². The number of anilines is 1. The van der Waals surface area contributed by atoms with E-state index in [2.05, 4.69) is 32.3 Å². The van der Waals surface area contributed by atoms with E-state index in [1.165, 1.54) is 11.8 Å². The molecule has 2 heterocycles. The molecular formula is C19H21ClN6OS. The summed E-state index contributed by atoms with van der Waals surface area (Å²) in [5.41, 5.74) is 1.44. The zero-order chi connectivity index (χ0) is 20.1. The average Bonchev–Trinajstić information content (AvgIpc) is 3.12. The van der Waals surface area contributed by atoms with Gasteiger partial charge in [0.05, 0.1) is 17.5 Å². The Kier molecular flexibility index (Phi) is 6.66. The van der Waals surface area contributed by atoms with E-state index in [4.69, 9.17) is 11.6 Å². The first kappa shape index (κ1) is 20.3. The maximum Gasteiger partial charge on any atom is 0.234 e. The molecular weight excluding hydrogens is 396 g/mol. The summed E-state index contributed by atoms with van der Waals surface area (Å²) in [6, 6.07) is 13.4. The summed E-state index contributed by atoms with van der Waals surface area (Å²) < 4.78 is 1.99. The molecule has 0 saturated carbocycles. The maximum absolute atomic E-state index is 12.4. The smallest absolute Gasteiger partial charge is 0.234 e. The Balaban J connectivity index is 1.80. The number of halogens is 1. The fourth-order valence-electron chi connectivity index (χ4n) is 2.49. The summed E-state index contributed by atoms with van der Waals surface area (Å²) in [5, 5.41) is 12.4. The van der Waals surface area contributed by atoms with Gasteiger partial charge in [0.25, 0.3) is 0 Å². The predicted molar refractivity (Wildman–Crippen MR) is 112 cm³/mol. The van der Waals surface area contributed by atoms with Crippen LogP contribution < -0.4 is 5.32 Å². The van der Waals surface area contributed by atoms with E-state index in [0.29, 0.717) is 10.8 Å². The quantitative estimate of drug-likeness (QED) is 0.467. The molecule has 0 aliphatic carbocycles. The van der Waals surface area contributed by atoms with Gasteiger partial charge >= 0.3 is 0 Å². The van der Waals surface area contributed by atoms with Gasteiger partial charge in [0.15, 0.2) is 16.1 Å². The summed E-state index contributed by atoms with van der Waals surface area (Å²) in [5.74, 6) is 0.797. The molecule has 0 saturated heterocycles. The molecule has 0 spiro atoms. The SMILES string of the molecule is C[C@@H](c1nnc(SCC(=O)Nc2cccnc2Cl)n1-c1ccccc1)N(C)C. The average molecular weight is 417 g/mol. The second-order valence-electron chi connectivity index (χ2n) is 6.33. The van der Waals surface area contributed by atoms with E-state index in [0.717, 1.165) is 11.5 Å². The number of pyridine rings is 1. The highest BCUT2D eigenvalue weighted by atomic mass is 35.5. The second kappa shape index (κ2) is 9.18. The molecule has 7 nitrogen and oxygen atoms in total. The molecule has 3 rings (SSSR count). The summed E-state index contributed by atoms with van der Waals surface area (Å²) in [4.78, 5) is 18.4. The molecule has 1 N–H and O–H groups in total. The number of para-hydroxylation sites is 1. The number of carbonyl (C=O) groups is 1. The van der Waals surface area contributed by atoms with E-state index >= 15 is 0 Å². The van der Waals surface area contributed by atoms with Crippen molar-refractivity contribution >= 4 is 35.0 Å². The van der Waals surface area contributed by atoms with Crippen molar-refractivity contribution in [3.8, 4) is 5.69 Å². The number of benzene rings is 1. The number of nitrogens with one attached hydrogen (secondary N) is 1. The minimum Gasteiger partial charge on any atom is -0.323 e. The number of aromatic nitrogens is 4. The summed E-state index contributed by atoms with van der Waals surface area (Å²) in [7, 11) is 3.99. The van der Waals surface area contributed by atoms with Gasteiger partial charge in [-0.3, -0.25) is 14.3 Å². The first-order valence-electron chi connectivity index (χ1n) is 8.67. The van der Waals surface area contributed by atoms with Crippen LogP contribution in [-0.2, 0) is 4.79 Å². The van der Waals surface area contributed by atoms with Crippen LogP contribution in [0.2, 0.25) is 5.15 Å². The normalized spacial score (nSPS) is 12.2. The molecule has 0 unspecified atom stereocenters. The molecule has 2 aromatic heterocycles. The van der Waals surface area contributed by atoms with Crippen molar-refractivity contribution in [1.82, 2.24) is 24.6 Å². The van der Waals surface area contributed by atoms with Gasteiger partial charge in [-0.1, -0.05) is 41.6 Å². The lowest BCUT2D eigenvalue weighted by atomic mass is 10.2. The fraction of sp³-hybridized carbons (Fsp3) is 0.263. The van der Waals surface area contributed by atoms with Gasteiger partial charge in [-0.05, 0) is 45.3 Å². The largest absolute Gasteiger partial charge is 0.323 e. The lowest BCUT2D eigenvalue weighted by Gasteiger charge is -2.20. The van der Waals surface area contributed by atoms with Crippen LogP contribution in [0.15, 0.2) is 53.8 Å². The van der Waals surface area contributed by atoms with E-state index in [1.807, 2.05) is 49.0 Å². The van der Waals surface area contributed by atoms with Crippen LogP contribution in [0.5, 0.6) is 0 Å². The fourth-order valence-corrected chi connectivity index (χ4v) is 3.42. The molecule has 146 valence electrons. The zero-order valence-corrected chi connectivity index (χ0v) is 17.4. The highest BCUT2D eigenvalue weighted by molar-refractivity contribution is 7.99. The summed E-state index contributed by atoms with van der Waals surface area (Å²) >= 11 is 7.32. The minimum absolute atomic E-state index is 0.0603. The lowest BCUT2D eigenvalue weighted by Crippen LogP contribution is -2.21. The van der Waals surface area contributed by atoms with Crippen LogP contribution in [-0.4, -0.2) is 50.4 Å². The monoisotopic (exact) mass is 416 g/mol. The van der Waals surface area contributed by atoms with Crippen molar-refractivity contribution < 1.29 is 4.79 Å². The number of hydrogen-bond acceptors (Lipinski definition) is 6. The number of nitrogens with zero attached hydrogens (tertiary/aromatic N) is 5. The third kappa shape index (κ3) is 4.70. The molecule has 0 fully saturated rings. The van der Waals surface area contributed by atoms with Crippen molar-refractivity contribution in [3.05, 3.63) is 59.6 Å². The van der Waals surface area contributed by atoms with E-state index in [9.17, 15) is 4.79 Å². The number of rotatable bonds is 7. The van der Waals surface area contributed by atoms with Gasteiger partial charge in [0.1, 0.15) is 0 Å². The van der Waals surface area contributed by atoms with Crippen molar-refractivity contribution in [1.29, 1.82) is 0 Å². The molecule has 28 heavy (non-hydrogen) atoms. The molecule has 3 aromatic rings. The molecule has 1 aromatic carbocycles. The number of amides is 1. The summed E-state index contributed by atoms with van der Waals surface area (Å²) in [6.45, 7) is 2.06. The Morgan fingerprint density at radius 3 is 2.64 bits per heavy atom. The van der Waals surface area contributed by atoms with Crippen molar-refractivity contribution in [2.45, 2.75) is 18.1 Å². The first-order valence-corrected chi connectivity index (χ1v) is 10.0. The molecule has 0 radical (unpaired) electrons. The van der Waals surface area contributed by atoms with Gasteiger partial charge in [0.2, 0.25) is 5.91 Å². The Morgan fingerprint density at radius 1 is 1.21 bits per heavy atom. The highest BCUT2D eigenvalue weighted by Gasteiger charge is 2.21. The van der Waals surface area contributed by atoms with Gasteiger partial charge in [-0.15, -0.1) is 10.2 Å². The van der Waals surface area contributed by atoms with Crippen LogP contribution in [0.1, 0.15) is 18.8 Å². The molecule has 1 atom stereocenters. The van der Waals surface area contributed by atoms with Crippen molar-refractivity contribution in [2.24, 2.45) is 0 Å². The summed E-state index contributed by atoms with van der Waals surface area (Å²) in [6.07, 6.45) is 1.57. The third-order valence-electron chi connectivity index (χ3n) is 4.19. The van der Waals surface area contributed by atoms with Gasteiger partial charge in [-0.2, -0.15) is 0 Å². The van der Waals surface area contributed by atoms with Gasteiger partial charge < -0.3 is 5.32 Å². The van der Waals surface area contributed by atoms with Crippen LogP contribution in [0.4, 0.5) is 5.69 Å². The molecule has 0 aliphatic rings. The molecule has 9 heteroatoms. The number of hydrogen-bond donors (Lipinski definition) is 1. The molecule has 0 bridgehead atoms. The van der Waals surface area contributed by atoms with Crippen LogP contribution in [0, 0.1) is 0 Å². The van der Waals surface area contributed by atoms with Crippen LogP contribution in [0.3, 0.4) is 0 Å². The molecule has 0 aliphatic heterocycles. The Morgan fingerprint density at radius 2 is 1.96 bits per heavy atom. The topological polar surface area (TPSA) is 75.9 Å². The van der Waals surface area contributed by atoms with E-state index in [-0.39, 0.29) is 22.9 Å². The second-order valence-corrected chi connectivity index (χ2v) is 7.63.